The molecule has 1 aromatic heterocycles. The number of anilines is 1. The number of aliphatic hydroxyl groups is 1. The molecule has 0 radical (unpaired) electrons. The third-order valence-corrected chi connectivity index (χ3v) is 5.43. The van der Waals surface area contributed by atoms with Crippen molar-refractivity contribution in [1.29, 1.82) is 0 Å². The maximum Gasteiger partial charge on any atom is 0.323 e. The van der Waals surface area contributed by atoms with E-state index in [1.807, 2.05) is 11.9 Å². The van der Waals surface area contributed by atoms with Gasteiger partial charge < -0.3 is 14.9 Å². The number of nitrogens with one attached hydrogen (secondary N) is 1. The van der Waals surface area contributed by atoms with Gasteiger partial charge in [-0.2, -0.15) is 0 Å². The third kappa shape index (κ3) is 4.65. The van der Waals surface area contributed by atoms with E-state index in [-0.39, 0.29) is 18.1 Å². The lowest BCUT2D eigenvalue weighted by Crippen LogP contribution is -2.38. The number of fused-ring (bicyclic) bond motifs is 1. The second-order valence-corrected chi connectivity index (χ2v) is 7.99. The molecule has 1 aromatic rings. The van der Waals surface area contributed by atoms with Crippen LogP contribution in [0.3, 0.4) is 0 Å². The van der Waals surface area contributed by atoms with Gasteiger partial charge in [0.1, 0.15) is 0 Å². The van der Waals surface area contributed by atoms with Gasteiger partial charge in [0.15, 0.2) is 5.13 Å². The predicted octanol–water partition coefficient (Wildman–Crippen LogP) is 2.14. The van der Waals surface area contributed by atoms with Gasteiger partial charge in [0.25, 0.3) is 0 Å². The summed E-state index contributed by atoms with van der Waals surface area (Å²) in [6.45, 7) is 6.53. The van der Waals surface area contributed by atoms with E-state index in [2.05, 4.69) is 24.1 Å². The summed E-state index contributed by atoms with van der Waals surface area (Å²) in [5.74, 6) is 0. The van der Waals surface area contributed by atoms with Crippen LogP contribution in [0.5, 0.6) is 0 Å². The van der Waals surface area contributed by atoms with Gasteiger partial charge in [0.05, 0.1) is 12.3 Å². The van der Waals surface area contributed by atoms with Crippen molar-refractivity contribution in [3.05, 3.63) is 10.6 Å². The van der Waals surface area contributed by atoms with Crippen molar-refractivity contribution < 1.29 is 9.90 Å². The molecule has 7 heteroatoms. The lowest BCUT2D eigenvalue weighted by Gasteiger charge is -2.27. The fraction of sp³-hybridized carbons (Fsp3) is 0.750. The molecule has 2 rings (SSSR count). The molecule has 1 aliphatic carbocycles. The van der Waals surface area contributed by atoms with Gasteiger partial charge >= 0.3 is 6.03 Å². The highest BCUT2D eigenvalue weighted by molar-refractivity contribution is 7.15. The van der Waals surface area contributed by atoms with E-state index in [1.54, 1.807) is 23.3 Å². The number of carbonyl (C=O) groups is 1. The number of hydrogen-bond acceptors (Lipinski definition) is 5. The number of urea groups is 1. The SMILES string of the molecule is CN(CCO)CCN(C)C(=O)Nc1nc2c(s1)CCCC2(C)C. The van der Waals surface area contributed by atoms with Gasteiger partial charge in [0, 0.05) is 37.0 Å². The number of hydrogen-bond donors (Lipinski definition) is 2. The Labute approximate surface area is 142 Å². The Hall–Kier alpha value is -1.18. The monoisotopic (exact) mass is 340 g/mol. The second-order valence-electron chi connectivity index (χ2n) is 6.91. The average Bonchev–Trinajstić information content (AvgIpc) is 2.89. The quantitative estimate of drug-likeness (QED) is 0.832. The van der Waals surface area contributed by atoms with Crippen LogP contribution >= 0.6 is 11.3 Å². The smallest absolute Gasteiger partial charge is 0.323 e. The minimum absolute atomic E-state index is 0.103. The Bertz CT molecular complexity index is 544. The Morgan fingerprint density at radius 3 is 2.74 bits per heavy atom. The second kappa shape index (κ2) is 7.59. The van der Waals surface area contributed by atoms with Crippen molar-refractivity contribution in [2.45, 2.75) is 38.5 Å². The van der Waals surface area contributed by atoms with Crippen LogP contribution in [0, 0.1) is 0 Å². The number of nitrogens with zero attached hydrogens (tertiary/aromatic N) is 3. The van der Waals surface area contributed by atoms with Crippen LogP contribution in [0.15, 0.2) is 0 Å². The first-order chi connectivity index (χ1) is 10.8. The van der Waals surface area contributed by atoms with Crippen LogP contribution in [-0.2, 0) is 11.8 Å². The predicted molar refractivity (Wildman–Crippen MR) is 94.3 cm³/mol. The van der Waals surface area contributed by atoms with Crippen molar-refractivity contribution in [1.82, 2.24) is 14.8 Å². The molecule has 0 spiro atoms. The number of thiazole rings is 1. The van der Waals surface area contributed by atoms with Gasteiger partial charge in [-0.1, -0.05) is 13.8 Å². The molecule has 1 heterocycles. The fourth-order valence-electron chi connectivity index (χ4n) is 2.80. The number of amides is 2. The summed E-state index contributed by atoms with van der Waals surface area (Å²) in [6, 6.07) is -0.133. The molecule has 0 aliphatic heterocycles. The zero-order valence-corrected chi connectivity index (χ0v) is 15.4. The molecule has 0 atom stereocenters. The number of likely N-dealkylation sites (N-methyl/N-ethyl adjacent to an activating group) is 2. The maximum absolute atomic E-state index is 12.3. The first-order valence-corrected chi connectivity index (χ1v) is 8.97. The molecule has 0 aromatic carbocycles. The van der Waals surface area contributed by atoms with Crippen LogP contribution in [0.1, 0.15) is 37.3 Å². The van der Waals surface area contributed by atoms with E-state index < -0.39 is 0 Å². The zero-order valence-electron chi connectivity index (χ0n) is 14.6. The Balaban J connectivity index is 1.92. The molecule has 2 amide bonds. The molecular formula is C16H28N4O2S. The fourth-order valence-corrected chi connectivity index (χ4v) is 3.98. The molecule has 1 aliphatic rings. The molecule has 0 saturated carbocycles. The standard InChI is InChI=1S/C16H28N4O2S/c1-16(2)7-5-6-12-13(16)17-14(23-12)18-15(22)20(4)9-8-19(3)10-11-21/h21H,5-11H2,1-4H3,(H,17,18,22). The van der Waals surface area contributed by atoms with Gasteiger partial charge in [-0.15, -0.1) is 11.3 Å². The van der Waals surface area contributed by atoms with E-state index in [9.17, 15) is 4.79 Å². The number of carbonyl (C=O) groups excluding carboxylic acids is 1. The molecule has 0 fully saturated rings. The Kier molecular flexibility index (Phi) is 6.00. The Morgan fingerprint density at radius 2 is 2.09 bits per heavy atom. The molecule has 0 saturated heterocycles. The first-order valence-electron chi connectivity index (χ1n) is 8.15. The summed E-state index contributed by atoms with van der Waals surface area (Å²) in [6.07, 6.45) is 3.40. The zero-order chi connectivity index (χ0) is 17.0. The van der Waals surface area contributed by atoms with Crippen LogP contribution in [0.4, 0.5) is 9.93 Å². The highest BCUT2D eigenvalue weighted by atomic mass is 32.1. The molecule has 130 valence electrons. The highest BCUT2D eigenvalue weighted by Gasteiger charge is 2.31. The molecule has 23 heavy (non-hydrogen) atoms. The van der Waals surface area contributed by atoms with Crippen LogP contribution in [-0.4, -0.2) is 66.3 Å². The van der Waals surface area contributed by atoms with Gasteiger partial charge in [-0.05, 0) is 26.3 Å². The Morgan fingerprint density at radius 1 is 1.35 bits per heavy atom. The highest BCUT2D eigenvalue weighted by Crippen LogP contribution is 2.40. The van der Waals surface area contributed by atoms with E-state index in [0.29, 0.717) is 18.2 Å². The molecule has 6 nitrogen and oxygen atoms in total. The largest absolute Gasteiger partial charge is 0.395 e. The minimum Gasteiger partial charge on any atom is -0.395 e. The maximum atomic E-state index is 12.3. The summed E-state index contributed by atoms with van der Waals surface area (Å²) in [5, 5.41) is 12.5. The van der Waals surface area contributed by atoms with Crippen molar-refractivity contribution >= 4 is 22.5 Å². The van der Waals surface area contributed by atoms with Crippen molar-refractivity contribution in [2.75, 3.05) is 45.7 Å². The lowest BCUT2D eigenvalue weighted by molar-refractivity contribution is 0.197. The molecular weight excluding hydrogens is 312 g/mol. The third-order valence-electron chi connectivity index (χ3n) is 4.40. The van der Waals surface area contributed by atoms with Crippen LogP contribution in [0.2, 0.25) is 0 Å². The molecule has 0 bridgehead atoms. The summed E-state index contributed by atoms with van der Waals surface area (Å²) in [5.41, 5.74) is 1.25. The van der Waals surface area contributed by atoms with Gasteiger partial charge in [0.2, 0.25) is 0 Å². The van der Waals surface area contributed by atoms with Gasteiger partial charge in [-0.25, -0.2) is 9.78 Å². The number of aryl methyl sites for hydroxylation is 1. The summed E-state index contributed by atoms with van der Waals surface area (Å²) in [7, 11) is 3.71. The summed E-state index contributed by atoms with van der Waals surface area (Å²) in [4.78, 5) is 21.9. The average molecular weight is 340 g/mol. The van der Waals surface area contributed by atoms with E-state index in [1.165, 1.54) is 11.3 Å². The van der Waals surface area contributed by atoms with Crippen LogP contribution < -0.4 is 5.32 Å². The normalized spacial score (nSPS) is 16.3. The number of aromatic nitrogens is 1. The van der Waals surface area contributed by atoms with Crippen molar-refractivity contribution in [3.8, 4) is 0 Å². The molecule has 0 unspecified atom stereocenters. The van der Waals surface area contributed by atoms with Crippen LogP contribution in [0.25, 0.3) is 0 Å². The summed E-state index contributed by atoms with van der Waals surface area (Å²) >= 11 is 1.60. The first kappa shape index (κ1) is 18.2. The lowest BCUT2D eigenvalue weighted by atomic mass is 9.79. The molecule has 2 N–H and O–H groups in total. The van der Waals surface area contributed by atoms with E-state index >= 15 is 0 Å². The topological polar surface area (TPSA) is 68.7 Å². The van der Waals surface area contributed by atoms with Crippen molar-refractivity contribution in [3.63, 3.8) is 0 Å². The van der Waals surface area contributed by atoms with E-state index in [4.69, 9.17) is 5.11 Å². The number of rotatable bonds is 6. The summed E-state index contributed by atoms with van der Waals surface area (Å²) < 4.78 is 0. The van der Waals surface area contributed by atoms with Gasteiger partial charge in [-0.3, -0.25) is 5.32 Å². The van der Waals surface area contributed by atoms with Crippen molar-refractivity contribution in [2.24, 2.45) is 0 Å². The number of aliphatic hydroxyl groups excluding tert-OH is 1. The minimum atomic E-state index is -0.133. The van der Waals surface area contributed by atoms with E-state index in [0.717, 1.165) is 25.1 Å².